The Balaban J connectivity index is 2.01. The lowest BCUT2D eigenvalue weighted by atomic mass is 10.0. The second-order valence-corrected chi connectivity index (χ2v) is 5.47. The minimum Gasteiger partial charge on any atom is -0.466 e. The fourth-order valence-corrected chi connectivity index (χ4v) is 2.21. The summed E-state index contributed by atoms with van der Waals surface area (Å²) in [4.78, 5) is 24.5. The van der Waals surface area contributed by atoms with E-state index in [9.17, 15) is 9.59 Å². The van der Waals surface area contributed by atoms with Crippen molar-refractivity contribution in [1.82, 2.24) is 5.32 Å². The zero-order chi connectivity index (χ0) is 16.2. The van der Waals surface area contributed by atoms with E-state index in [0.717, 1.165) is 0 Å². The zero-order valence-electron chi connectivity index (χ0n) is 12.6. The van der Waals surface area contributed by atoms with E-state index in [0.29, 0.717) is 42.6 Å². The number of rotatable bonds is 6. The van der Waals surface area contributed by atoms with Crippen molar-refractivity contribution in [2.24, 2.45) is 0 Å². The van der Waals surface area contributed by atoms with Crippen molar-refractivity contribution in [3.8, 4) is 5.75 Å². The summed E-state index contributed by atoms with van der Waals surface area (Å²) < 4.78 is 10.8. The van der Waals surface area contributed by atoms with Gasteiger partial charge in [-0.25, -0.2) is 0 Å². The number of halogens is 1. The van der Waals surface area contributed by atoms with Gasteiger partial charge in [-0.15, -0.1) is 0 Å². The zero-order valence-corrected chi connectivity index (χ0v) is 13.3. The van der Waals surface area contributed by atoms with Crippen molar-refractivity contribution >= 4 is 29.1 Å². The summed E-state index contributed by atoms with van der Waals surface area (Å²) in [5, 5.41) is 5.82. The summed E-state index contributed by atoms with van der Waals surface area (Å²) >= 11 is 5.87. The molecule has 0 saturated heterocycles. The molecular weight excluding hydrogens is 308 g/mol. The Morgan fingerprint density at radius 3 is 3.00 bits per heavy atom. The van der Waals surface area contributed by atoms with Gasteiger partial charge in [0.2, 0.25) is 0 Å². The Bertz CT molecular complexity index is 579. The summed E-state index contributed by atoms with van der Waals surface area (Å²) in [6.07, 6.45) is 0.670. The van der Waals surface area contributed by atoms with Gasteiger partial charge >= 0.3 is 0 Å². The first-order valence-electron chi connectivity index (χ1n) is 7.13. The lowest BCUT2D eigenvalue weighted by molar-refractivity contribution is -0.146. The molecule has 0 aliphatic carbocycles. The highest BCUT2D eigenvalue weighted by Gasteiger charge is 2.47. The van der Waals surface area contributed by atoms with Crippen LogP contribution in [-0.4, -0.2) is 37.2 Å². The van der Waals surface area contributed by atoms with Crippen LogP contribution in [0, 0.1) is 0 Å². The van der Waals surface area contributed by atoms with Crippen molar-refractivity contribution < 1.29 is 19.1 Å². The van der Waals surface area contributed by atoms with Gasteiger partial charge < -0.3 is 20.1 Å². The Labute approximate surface area is 134 Å². The van der Waals surface area contributed by atoms with Crippen LogP contribution >= 0.6 is 11.6 Å². The number of benzene rings is 1. The molecule has 0 fully saturated rings. The number of ether oxygens (including phenoxy) is 2. The number of hydrogen-bond donors (Lipinski definition) is 2. The van der Waals surface area contributed by atoms with E-state index in [1.807, 2.05) is 6.92 Å². The Morgan fingerprint density at radius 1 is 1.50 bits per heavy atom. The van der Waals surface area contributed by atoms with Crippen LogP contribution in [0.2, 0.25) is 5.02 Å². The largest absolute Gasteiger partial charge is 0.466 e. The van der Waals surface area contributed by atoms with Gasteiger partial charge in [-0.05, 0) is 38.5 Å². The molecule has 1 aromatic carbocycles. The molecule has 1 aliphatic rings. The quantitative estimate of drug-likeness (QED) is 0.619. The third-order valence-electron chi connectivity index (χ3n) is 3.33. The van der Waals surface area contributed by atoms with Crippen molar-refractivity contribution in [2.75, 3.05) is 25.1 Å². The molecule has 0 radical (unpaired) electrons. The Morgan fingerprint density at radius 2 is 2.27 bits per heavy atom. The molecule has 2 amide bonds. The molecule has 120 valence electrons. The molecule has 0 bridgehead atoms. The molecular formula is C15H19ClN2O4. The van der Waals surface area contributed by atoms with Crippen molar-refractivity contribution in [2.45, 2.75) is 25.9 Å². The first-order chi connectivity index (χ1) is 10.5. The average molecular weight is 327 g/mol. The van der Waals surface area contributed by atoms with Gasteiger partial charge in [-0.3, -0.25) is 9.59 Å². The topological polar surface area (TPSA) is 76.7 Å². The Kier molecular flexibility index (Phi) is 5.26. The molecule has 0 saturated carbocycles. The van der Waals surface area contributed by atoms with Crippen molar-refractivity contribution in [1.29, 1.82) is 0 Å². The predicted molar refractivity (Wildman–Crippen MR) is 83.2 cm³/mol. The smallest absolute Gasteiger partial charge is 0.278 e. The van der Waals surface area contributed by atoms with E-state index in [4.69, 9.17) is 21.1 Å². The molecule has 0 spiro atoms. The fourth-order valence-electron chi connectivity index (χ4n) is 2.04. The van der Waals surface area contributed by atoms with Crippen LogP contribution in [0.1, 0.15) is 20.3 Å². The third kappa shape index (κ3) is 3.51. The molecule has 2 rings (SSSR count). The highest BCUT2D eigenvalue weighted by atomic mass is 35.5. The summed E-state index contributed by atoms with van der Waals surface area (Å²) in [6, 6.07) is 4.84. The molecule has 7 heteroatoms. The second kappa shape index (κ2) is 6.98. The van der Waals surface area contributed by atoms with Gasteiger partial charge in [0.1, 0.15) is 5.75 Å². The lowest BCUT2D eigenvalue weighted by Gasteiger charge is -2.33. The lowest BCUT2D eigenvalue weighted by Crippen LogP contribution is -2.58. The van der Waals surface area contributed by atoms with Crippen LogP contribution in [0.5, 0.6) is 5.75 Å². The molecule has 1 aliphatic heterocycles. The normalized spacial score (nSPS) is 19.9. The van der Waals surface area contributed by atoms with E-state index >= 15 is 0 Å². The minimum atomic E-state index is -1.60. The number of fused-ring (bicyclic) bond motifs is 1. The van der Waals surface area contributed by atoms with Crippen LogP contribution < -0.4 is 15.4 Å². The second-order valence-electron chi connectivity index (χ2n) is 5.04. The Hall–Kier alpha value is -1.79. The maximum atomic E-state index is 12.3. The van der Waals surface area contributed by atoms with Gasteiger partial charge in [0.25, 0.3) is 17.4 Å². The monoisotopic (exact) mass is 326 g/mol. The van der Waals surface area contributed by atoms with E-state index in [1.54, 1.807) is 18.2 Å². The number of carbonyl (C=O) groups is 2. The van der Waals surface area contributed by atoms with E-state index in [-0.39, 0.29) is 0 Å². The van der Waals surface area contributed by atoms with Gasteiger partial charge in [0.15, 0.2) is 0 Å². The summed E-state index contributed by atoms with van der Waals surface area (Å²) in [5.41, 5.74) is -1.15. The van der Waals surface area contributed by atoms with Gasteiger partial charge in [-0.1, -0.05) is 11.6 Å². The van der Waals surface area contributed by atoms with E-state index < -0.39 is 17.4 Å². The maximum absolute atomic E-state index is 12.3. The van der Waals surface area contributed by atoms with Gasteiger partial charge in [0, 0.05) is 24.8 Å². The third-order valence-corrected chi connectivity index (χ3v) is 3.56. The van der Waals surface area contributed by atoms with E-state index in [2.05, 4.69) is 10.6 Å². The fraction of sp³-hybridized carbons (Fsp3) is 0.467. The van der Waals surface area contributed by atoms with E-state index in [1.165, 1.54) is 6.92 Å². The molecule has 1 atom stereocenters. The number of amides is 2. The van der Waals surface area contributed by atoms with Crippen LogP contribution in [-0.2, 0) is 14.3 Å². The number of hydrogen-bond acceptors (Lipinski definition) is 4. The molecule has 6 nitrogen and oxygen atoms in total. The van der Waals surface area contributed by atoms with Crippen molar-refractivity contribution in [3.63, 3.8) is 0 Å². The average Bonchev–Trinajstić information content (AvgIpc) is 2.48. The van der Waals surface area contributed by atoms with Gasteiger partial charge in [0.05, 0.1) is 5.69 Å². The minimum absolute atomic E-state index is 0.413. The first kappa shape index (κ1) is 16.6. The number of anilines is 1. The summed E-state index contributed by atoms with van der Waals surface area (Å²) in [6.45, 7) is 4.96. The van der Waals surface area contributed by atoms with Crippen LogP contribution in [0.15, 0.2) is 18.2 Å². The van der Waals surface area contributed by atoms with Gasteiger partial charge in [-0.2, -0.15) is 0 Å². The molecule has 1 unspecified atom stereocenters. The SMILES string of the molecule is CCOCCCNC(=O)C1(C)Oc2ccc(Cl)cc2NC1=O. The molecule has 0 aromatic heterocycles. The predicted octanol–water partition coefficient (Wildman–Crippen LogP) is 1.97. The van der Waals surface area contributed by atoms with Crippen LogP contribution in [0.25, 0.3) is 0 Å². The standard InChI is InChI=1S/C15H19ClN2O4/c1-3-21-8-4-7-17-13(19)15(2)14(20)18-11-9-10(16)5-6-12(11)22-15/h5-6,9H,3-4,7-8H2,1-2H3,(H,17,19)(H,18,20). The number of carbonyl (C=O) groups excluding carboxylic acids is 2. The first-order valence-corrected chi connectivity index (χ1v) is 7.51. The summed E-state index contributed by atoms with van der Waals surface area (Å²) in [5.74, 6) is -0.595. The molecule has 1 aromatic rings. The summed E-state index contributed by atoms with van der Waals surface area (Å²) in [7, 11) is 0. The van der Waals surface area contributed by atoms with Crippen LogP contribution in [0.4, 0.5) is 5.69 Å². The van der Waals surface area contributed by atoms with Crippen LogP contribution in [0.3, 0.4) is 0 Å². The molecule has 22 heavy (non-hydrogen) atoms. The molecule has 2 N–H and O–H groups in total. The highest BCUT2D eigenvalue weighted by Crippen LogP contribution is 2.35. The number of nitrogens with one attached hydrogen (secondary N) is 2. The highest BCUT2D eigenvalue weighted by molar-refractivity contribution is 6.31. The maximum Gasteiger partial charge on any atom is 0.278 e. The molecule has 1 heterocycles. The van der Waals surface area contributed by atoms with Crippen molar-refractivity contribution in [3.05, 3.63) is 23.2 Å².